The van der Waals surface area contributed by atoms with Gasteiger partial charge in [-0.3, -0.25) is 19.7 Å². The van der Waals surface area contributed by atoms with Crippen LogP contribution in [0.2, 0.25) is 0 Å². The first-order chi connectivity index (χ1) is 17.8. The predicted molar refractivity (Wildman–Crippen MR) is 136 cm³/mol. The molecule has 0 spiro atoms. The van der Waals surface area contributed by atoms with Crippen molar-refractivity contribution in [2.45, 2.75) is 44.7 Å². The number of aromatic nitrogens is 1. The Bertz CT molecular complexity index is 1270. The number of hydrogen-bond acceptors (Lipinski definition) is 7. The maximum atomic E-state index is 13.4. The summed E-state index contributed by atoms with van der Waals surface area (Å²) < 4.78 is 6.85. The molecule has 0 unspecified atom stereocenters. The molecule has 1 aromatic heterocycles. The normalized spacial score (nSPS) is 21.2. The zero-order valence-electron chi connectivity index (χ0n) is 20.8. The number of piperidine rings is 2. The number of ether oxygens (including phenoxy) is 1. The number of pyridine rings is 1. The molecular weight excluding hydrogens is 478 g/mol. The summed E-state index contributed by atoms with van der Waals surface area (Å²) in [7, 11) is 0. The summed E-state index contributed by atoms with van der Waals surface area (Å²) in [5.74, 6) is 0.00674. The van der Waals surface area contributed by atoms with Gasteiger partial charge in [0.2, 0.25) is 0 Å². The van der Waals surface area contributed by atoms with Gasteiger partial charge in [-0.25, -0.2) is 4.79 Å². The number of fused-ring (bicyclic) bond motifs is 4. The van der Waals surface area contributed by atoms with Crippen LogP contribution in [-0.2, 0) is 11.3 Å². The number of benzene rings is 1. The fraction of sp³-hybridized carbons (Fsp3) is 0.500. The Balaban J connectivity index is 1.28. The molecule has 11 nitrogen and oxygen atoms in total. The van der Waals surface area contributed by atoms with Crippen molar-refractivity contribution in [1.82, 2.24) is 14.4 Å². The van der Waals surface area contributed by atoms with Crippen LogP contribution in [0.1, 0.15) is 48.2 Å². The van der Waals surface area contributed by atoms with Gasteiger partial charge in [-0.05, 0) is 50.3 Å². The van der Waals surface area contributed by atoms with Crippen molar-refractivity contribution in [2.75, 3.05) is 38.1 Å². The number of rotatable bonds is 5. The molecule has 37 heavy (non-hydrogen) atoms. The molecule has 196 valence electrons. The Kier molecular flexibility index (Phi) is 6.86. The minimum absolute atomic E-state index is 0.0164. The summed E-state index contributed by atoms with van der Waals surface area (Å²) in [5, 5.41) is 15.1. The fourth-order valence-corrected chi connectivity index (χ4v) is 5.82. The molecule has 0 aliphatic carbocycles. The van der Waals surface area contributed by atoms with Crippen LogP contribution >= 0.6 is 0 Å². The lowest BCUT2D eigenvalue weighted by Crippen LogP contribution is -2.49. The molecule has 3 aliphatic heterocycles. The van der Waals surface area contributed by atoms with Crippen molar-refractivity contribution in [3.05, 3.63) is 68.1 Å². The third kappa shape index (κ3) is 5.03. The van der Waals surface area contributed by atoms with Crippen LogP contribution in [0.4, 0.5) is 16.2 Å². The number of nitrogens with one attached hydrogen (secondary N) is 1. The Hall–Kier alpha value is -3.89. The van der Waals surface area contributed by atoms with Gasteiger partial charge in [0.1, 0.15) is 5.69 Å². The van der Waals surface area contributed by atoms with E-state index in [2.05, 4.69) is 5.32 Å². The van der Waals surface area contributed by atoms with Gasteiger partial charge in [0.15, 0.2) is 0 Å². The van der Waals surface area contributed by atoms with E-state index < -0.39 is 4.92 Å². The van der Waals surface area contributed by atoms with Crippen LogP contribution in [0.3, 0.4) is 0 Å². The summed E-state index contributed by atoms with van der Waals surface area (Å²) in [4.78, 5) is 52.4. The molecule has 2 aromatic rings. The number of carbonyl (C=O) groups is 2. The molecule has 0 saturated carbocycles. The Morgan fingerprint density at radius 1 is 1.11 bits per heavy atom. The number of nitro benzene ring substituents is 1. The Morgan fingerprint density at radius 3 is 2.62 bits per heavy atom. The number of likely N-dealkylation sites (tertiary alicyclic amines) is 2. The maximum Gasteiger partial charge on any atom is 0.409 e. The Labute approximate surface area is 214 Å². The van der Waals surface area contributed by atoms with Crippen LogP contribution in [0.25, 0.3) is 0 Å². The number of anilines is 1. The quantitative estimate of drug-likeness (QED) is 0.485. The van der Waals surface area contributed by atoms with E-state index in [0.717, 1.165) is 12.1 Å². The summed E-state index contributed by atoms with van der Waals surface area (Å²) in [6.07, 6.45) is 1.85. The molecule has 5 rings (SSSR count). The van der Waals surface area contributed by atoms with Crippen molar-refractivity contribution in [1.29, 1.82) is 0 Å². The number of carbonyl (C=O) groups excluding carboxylic acids is 2. The van der Waals surface area contributed by atoms with Crippen LogP contribution in [0.15, 0.2) is 41.2 Å². The number of nitrogens with zero attached hydrogens (tertiary/aromatic N) is 4. The molecule has 2 saturated heterocycles. The first kappa shape index (κ1) is 24.8. The van der Waals surface area contributed by atoms with Gasteiger partial charge in [0.25, 0.3) is 17.2 Å². The second kappa shape index (κ2) is 10.2. The van der Waals surface area contributed by atoms with Crippen LogP contribution in [-0.4, -0.2) is 70.1 Å². The third-order valence-electron chi connectivity index (χ3n) is 7.59. The average Bonchev–Trinajstić information content (AvgIpc) is 2.89. The molecule has 11 heteroatoms. The van der Waals surface area contributed by atoms with Gasteiger partial charge in [-0.15, -0.1) is 0 Å². The van der Waals surface area contributed by atoms with Crippen molar-refractivity contribution in [3.63, 3.8) is 0 Å². The molecule has 2 fully saturated rings. The number of hydrogen-bond donors (Lipinski definition) is 1. The maximum absolute atomic E-state index is 13.4. The minimum atomic E-state index is -0.472. The average molecular weight is 510 g/mol. The van der Waals surface area contributed by atoms with E-state index in [9.17, 15) is 24.5 Å². The van der Waals surface area contributed by atoms with Crippen molar-refractivity contribution in [2.24, 2.45) is 5.92 Å². The second-order valence-electron chi connectivity index (χ2n) is 10.0. The standard InChI is InChI=1S/C26H31N5O6/c1-2-37-26(34)28-10-8-20(9-11-28)27-21-7-6-18(13-23(21)31(35)36)25(33)29-14-17-12-19(16-29)22-4-3-5-24(32)30(22)15-17/h3-7,13,17,19-20,27H,2,8-12,14-16H2,1H3/t17-,19+/m1/s1. The highest BCUT2D eigenvalue weighted by atomic mass is 16.6. The summed E-state index contributed by atoms with van der Waals surface area (Å²) in [5.41, 5.74) is 1.42. The van der Waals surface area contributed by atoms with Crippen molar-refractivity contribution in [3.8, 4) is 0 Å². The molecule has 1 N–H and O–H groups in total. The zero-order valence-corrected chi connectivity index (χ0v) is 20.8. The van der Waals surface area contributed by atoms with Gasteiger partial charge < -0.3 is 24.4 Å². The number of amides is 2. The topological polar surface area (TPSA) is 127 Å². The van der Waals surface area contributed by atoms with Gasteiger partial charge in [-0.1, -0.05) is 6.07 Å². The summed E-state index contributed by atoms with van der Waals surface area (Å²) in [6.45, 7) is 4.67. The molecule has 2 bridgehead atoms. The Morgan fingerprint density at radius 2 is 1.89 bits per heavy atom. The SMILES string of the molecule is CCOC(=O)N1CCC(Nc2ccc(C(=O)N3C[C@H]4C[C@@H](C3)c3cccc(=O)n3C4)cc2[N+](=O)[O-])CC1. The van der Waals surface area contributed by atoms with E-state index in [1.54, 1.807) is 41.0 Å². The smallest absolute Gasteiger partial charge is 0.409 e. The highest BCUT2D eigenvalue weighted by molar-refractivity contribution is 5.96. The molecule has 2 amide bonds. The fourth-order valence-electron chi connectivity index (χ4n) is 5.82. The summed E-state index contributed by atoms with van der Waals surface area (Å²) in [6, 6.07) is 9.81. The lowest BCUT2D eigenvalue weighted by Gasteiger charge is -2.42. The zero-order chi connectivity index (χ0) is 26.1. The van der Waals surface area contributed by atoms with E-state index in [4.69, 9.17) is 4.74 Å². The van der Waals surface area contributed by atoms with Gasteiger partial charge in [0.05, 0.1) is 11.5 Å². The first-order valence-corrected chi connectivity index (χ1v) is 12.8. The molecule has 3 aliphatic rings. The molecule has 0 radical (unpaired) electrons. The summed E-state index contributed by atoms with van der Waals surface area (Å²) >= 11 is 0. The first-order valence-electron chi connectivity index (χ1n) is 12.8. The van der Waals surface area contributed by atoms with Crippen LogP contribution < -0.4 is 10.9 Å². The predicted octanol–water partition coefficient (Wildman–Crippen LogP) is 3.05. The van der Waals surface area contributed by atoms with E-state index in [1.165, 1.54) is 6.07 Å². The molecule has 4 heterocycles. The van der Waals surface area contributed by atoms with Crippen LogP contribution in [0.5, 0.6) is 0 Å². The molecule has 1 aromatic carbocycles. The van der Waals surface area contributed by atoms with Gasteiger partial charge >= 0.3 is 6.09 Å². The van der Waals surface area contributed by atoms with E-state index in [0.29, 0.717) is 57.9 Å². The van der Waals surface area contributed by atoms with Crippen molar-refractivity contribution < 1.29 is 19.2 Å². The van der Waals surface area contributed by atoms with Crippen LogP contribution in [0, 0.1) is 16.0 Å². The van der Waals surface area contributed by atoms with E-state index in [1.807, 2.05) is 10.6 Å². The highest BCUT2D eigenvalue weighted by Gasteiger charge is 2.37. The van der Waals surface area contributed by atoms with Gasteiger partial charge in [0, 0.05) is 68.1 Å². The molecular formula is C26H31N5O6. The van der Waals surface area contributed by atoms with E-state index >= 15 is 0 Å². The second-order valence-corrected chi connectivity index (χ2v) is 10.0. The lowest BCUT2D eigenvalue weighted by atomic mass is 9.83. The molecule has 2 atom stereocenters. The number of nitro groups is 1. The largest absolute Gasteiger partial charge is 0.450 e. The van der Waals surface area contributed by atoms with E-state index in [-0.39, 0.29) is 46.7 Å². The third-order valence-corrected chi connectivity index (χ3v) is 7.59. The van der Waals surface area contributed by atoms with Gasteiger partial charge in [-0.2, -0.15) is 0 Å². The lowest BCUT2D eigenvalue weighted by molar-refractivity contribution is -0.384. The minimum Gasteiger partial charge on any atom is -0.450 e. The monoisotopic (exact) mass is 509 g/mol. The van der Waals surface area contributed by atoms with Crippen molar-refractivity contribution >= 4 is 23.4 Å². The highest BCUT2D eigenvalue weighted by Crippen LogP contribution is 2.36.